The number of carbonyl (C=O) groups excluding carboxylic acids is 1. The molecule has 2 aromatic rings. The molecule has 26 heavy (non-hydrogen) atoms. The van der Waals surface area contributed by atoms with Gasteiger partial charge in [0.05, 0.1) is 4.90 Å². The fraction of sp³-hybridized carbons (Fsp3) is 0.389. The molecule has 140 valence electrons. The van der Waals surface area contributed by atoms with Crippen LogP contribution >= 0.6 is 11.3 Å². The van der Waals surface area contributed by atoms with Crippen molar-refractivity contribution in [3.8, 4) is 0 Å². The molecule has 3 rings (SSSR count). The Labute approximate surface area is 158 Å². The van der Waals surface area contributed by atoms with Crippen molar-refractivity contribution in [2.24, 2.45) is 0 Å². The molecule has 0 radical (unpaired) electrons. The number of hydrogen-bond donors (Lipinski definition) is 3. The van der Waals surface area contributed by atoms with E-state index in [1.807, 2.05) is 17.5 Å². The average molecular weight is 394 g/mol. The molecule has 0 aliphatic carbocycles. The maximum Gasteiger partial charge on any atom is 0.251 e. The third-order valence-corrected chi connectivity index (χ3v) is 6.82. The second-order valence-corrected chi connectivity index (χ2v) is 9.19. The van der Waals surface area contributed by atoms with Gasteiger partial charge in [0.25, 0.3) is 5.91 Å². The molecule has 1 saturated heterocycles. The van der Waals surface area contributed by atoms with Gasteiger partial charge in [0, 0.05) is 29.1 Å². The van der Waals surface area contributed by atoms with E-state index in [4.69, 9.17) is 0 Å². The van der Waals surface area contributed by atoms with Crippen molar-refractivity contribution in [2.45, 2.75) is 43.3 Å². The Kier molecular flexibility index (Phi) is 6.08. The summed E-state index contributed by atoms with van der Waals surface area (Å²) >= 11 is 1.50. The highest BCUT2D eigenvalue weighted by molar-refractivity contribution is 7.89. The van der Waals surface area contributed by atoms with Gasteiger partial charge in [0.15, 0.2) is 0 Å². The lowest BCUT2D eigenvalue weighted by Gasteiger charge is -2.30. The summed E-state index contributed by atoms with van der Waals surface area (Å²) in [5, 5.41) is 8.27. The number of thiophene rings is 1. The first-order valence-electron chi connectivity index (χ1n) is 8.62. The van der Waals surface area contributed by atoms with E-state index < -0.39 is 10.0 Å². The topological polar surface area (TPSA) is 87.3 Å². The zero-order chi connectivity index (χ0) is 18.6. The fourth-order valence-electron chi connectivity index (χ4n) is 2.94. The van der Waals surface area contributed by atoms with E-state index in [1.54, 1.807) is 12.1 Å². The van der Waals surface area contributed by atoms with Gasteiger partial charge in [-0.05, 0) is 62.0 Å². The quantitative estimate of drug-likeness (QED) is 0.701. The second-order valence-electron chi connectivity index (χ2n) is 6.39. The largest absolute Gasteiger partial charge is 0.348 e. The summed E-state index contributed by atoms with van der Waals surface area (Å²) in [6, 6.07) is 10.1. The van der Waals surface area contributed by atoms with Crippen LogP contribution in [0.4, 0.5) is 0 Å². The molecule has 1 fully saturated rings. The molecule has 1 aliphatic rings. The van der Waals surface area contributed by atoms with Gasteiger partial charge in [-0.1, -0.05) is 6.07 Å². The van der Waals surface area contributed by atoms with Crippen LogP contribution in [0.3, 0.4) is 0 Å². The van der Waals surface area contributed by atoms with Gasteiger partial charge in [0.1, 0.15) is 0 Å². The minimum atomic E-state index is -3.60. The molecule has 8 heteroatoms. The minimum Gasteiger partial charge on any atom is -0.348 e. The van der Waals surface area contributed by atoms with Crippen molar-refractivity contribution in [1.29, 1.82) is 0 Å². The summed E-state index contributed by atoms with van der Waals surface area (Å²) in [5.41, 5.74) is 0.458. The monoisotopic (exact) mass is 393 g/mol. The van der Waals surface area contributed by atoms with Crippen LogP contribution in [0.2, 0.25) is 0 Å². The molecule has 1 aromatic carbocycles. The van der Waals surface area contributed by atoms with E-state index in [2.05, 4.69) is 22.3 Å². The number of benzene rings is 1. The molecule has 1 amide bonds. The summed E-state index contributed by atoms with van der Waals surface area (Å²) in [5.74, 6) is -0.180. The Hall–Kier alpha value is -1.74. The highest BCUT2D eigenvalue weighted by Crippen LogP contribution is 2.14. The number of hydrogen-bond acceptors (Lipinski definition) is 5. The molecule has 1 aromatic heterocycles. The van der Waals surface area contributed by atoms with Crippen LogP contribution in [0.5, 0.6) is 0 Å². The normalized spacial score (nSPS) is 20.7. The zero-order valence-corrected chi connectivity index (χ0v) is 16.2. The van der Waals surface area contributed by atoms with Crippen LogP contribution in [-0.2, 0) is 16.6 Å². The third-order valence-electron chi connectivity index (χ3n) is 4.52. The summed E-state index contributed by atoms with van der Waals surface area (Å²) in [6.07, 6.45) is 1.97. The van der Waals surface area contributed by atoms with Gasteiger partial charge in [-0.2, -0.15) is 0 Å². The summed E-state index contributed by atoms with van der Waals surface area (Å²) < 4.78 is 27.3. The molecule has 2 atom stereocenters. The van der Waals surface area contributed by atoms with Crippen LogP contribution in [0.1, 0.15) is 35.0 Å². The molecule has 2 unspecified atom stereocenters. The molecule has 6 nitrogen and oxygen atoms in total. The van der Waals surface area contributed by atoms with Gasteiger partial charge < -0.3 is 10.6 Å². The molecule has 0 bridgehead atoms. The first-order valence-corrected chi connectivity index (χ1v) is 11.0. The molecular weight excluding hydrogens is 370 g/mol. The number of amides is 1. The van der Waals surface area contributed by atoms with Crippen molar-refractivity contribution in [3.63, 3.8) is 0 Å². The zero-order valence-electron chi connectivity index (χ0n) is 14.6. The van der Waals surface area contributed by atoms with Crippen LogP contribution in [0.25, 0.3) is 0 Å². The maximum atomic E-state index is 12.4. The summed E-state index contributed by atoms with van der Waals surface area (Å²) in [4.78, 5) is 13.5. The third kappa shape index (κ3) is 4.70. The number of piperidine rings is 1. The standard InChI is InChI=1S/C18H23N3O3S2/c1-13-17(5-2-10-19-13)21-18(22)14-6-8-16(9-7-14)26(23,24)20-12-15-4-3-11-25-15/h3-4,6-9,11,13,17,19-20H,2,5,10,12H2,1H3,(H,21,22). The van der Waals surface area contributed by atoms with Gasteiger partial charge >= 0.3 is 0 Å². The summed E-state index contributed by atoms with van der Waals surface area (Å²) in [7, 11) is -3.60. The predicted octanol–water partition coefficient (Wildman–Crippen LogP) is 2.10. The van der Waals surface area contributed by atoms with Gasteiger partial charge in [-0.25, -0.2) is 13.1 Å². The molecule has 1 aliphatic heterocycles. The molecule has 3 N–H and O–H groups in total. The lowest BCUT2D eigenvalue weighted by Crippen LogP contribution is -2.51. The number of sulfonamides is 1. The molecule has 2 heterocycles. The smallest absolute Gasteiger partial charge is 0.251 e. The van der Waals surface area contributed by atoms with E-state index >= 15 is 0 Å². The van der Waals surface area contributed by atoms with E-state index in [9.17, 15) is 13.2 Å². The van der Waals surface area contributed by atoms with Crippen LogP contribution < -0.4 is 15.4 Å². The van der Waals surface area contributed by atoms with E-state index in [1.165, 1.54) is 23.5 Å². The second kappa shape index (κ2) is 8.30. The SMILES string of the molecule is CC1NCCCC1NC(=O)c1ccc(S(=O)(=O)NCc2cccs2)cc1. The maximum absolute atomic E-state index is 12.4. The van der Waals surface area contributed by atoms with Crippen molar-refractivity contribution >= 4 is 27.3 Å². The van der Waals surface area contributed by atoms with Crippen LogP contribution in [-0.4, -0.2) is 33.0 Å². The Balaban J connectivity index is 1.62. The van der Waals surface area contributed by atoms with Gasteiger partial charge in [-0.3, -0.25) is 4.79 Å². The van der Waals surface area contributed by atoms with Crippen molar-refractivity contribution < 1.29 is 13.2 Å². The Morgan fingerprint density at radius 3 is 2.69 bits per heavy atom. The first-order chi connectivity index (χ1) is 12.5. The molecule has 0 spiro atoms. The first kappa shape index (κ1) is 19.0. The van der Waals surface area contributed by atoms with Gasteiger partial charge in [0.2, 0.25) is 10.0 Å². The molecular formula is C18H23N3O3S2. The number of nitrogens with one attached hydrogen (secondary N) is 3. The van der Waals surface area contributed by atoms with E-state index in [-0.39, 0.29) is 29.4 Å². The van der Waals surface area contributed by atoms with Crippen molar-refractivity contribution in [3.05, 3.63) is 52.2 Å². The lowest BCUT2D eigenvalue weighted by molar-refractivity contribution is 0.0919. The van der Waals surface area contributed by atoms with Crippen molar-refractivity contribution in [1.82, 2.24) is 15.4 Å². The fourth-order valence-corrected chi connectivity index (χ4v) is 4.68. The highest BCUT2D eigenvalue weighted by atomic mass is 32.2. The van der Waals surface area contributed by atoms with E-state index in [0.29, 0.717) is 5.56 Å². The Bertz CT molecular complexity index is 833. The summed E-state index contributed by atoms with van der Waals surface area (Å²) in [6.45, 7) is 3.28. The van der Waals surface area contributed by atoms with Crippen molar-refractivity contribution in [2.75, 3.05) is 6.54 Å². The average Bonchev–Trinajstić information content (AvgIpc) is 3.16. The number of carbonyl (C=O) groups is 1. The van der Waals surface area contributed by atoms with Crippen LogP contribution in [0.15, 0.2) is 46.7 Å². The van der Waals surface area contributed by atoms with E-state index in [0.717, 1.165) is 24.3 Å². The minimum absolute atomic E-state index is 0.0899. The van der Waals surface area contributed by atoms with Crippen LogP contribution in [0, 0.1) is 0 Å². The molecule has 0 saturated carbocycles. The lowest BCUT2D eigenvalue weighted by atomic mass is 9.99. The number of rotatable bonds is 6. The highest BCUT2D eigenvalue weighted by Gasteiger charge is 2.23. The Morgan fingerprint density at radius 2 is 2.04 bits per heavy atom. The van der Waals surface area contributed by atoms with Gasteiger partial charge in [-0.15, -0.1) is 11.3 Å². The Morgan fingerprint density at radius 1 is 1.27 bits per heavy atom. The predicted molar refractivity (Wildman–Crippen MR) is 103 cm³/mol.